The van der Waals surface area contributed by atoms with Gasteiger partial charge in [-0.2, -0.15) is 5.26 Å². The monoisotopic (exact) mass is 275 g/mol. The Bertz CT molecular complexity index is 318. The SMILES string of the molecule is Cc1cc(CC#N)cc(I)c1F. The minimum Gasteiger partial charge on any atom is -0.206 e. The third-order valence-corrected chi connectivity index (χ3v) is 2.34. The molecule has 0 aromatic heterocycles. The van der Waals surface area contributed by atoms with Gasteiger partial charge in [0.1, 0.15) is 5.82 Å². The lowest BCUT2D eigenvalue weighted by Crippen LogP contribution is -1.91. The zero-order valence-electron chi connectivity index (χ0n) is 6.56. The second-order valence-corrected chi connectivity index (χ2v) is 3.71. The Hall–Kier alpha value is -0.630. The Morgan fingerprint density at radius 1 is 1.58 bits per heavy atom. The Labute approximate surface area is 84.3 Å². The molecule has 0 bridgehead atoms. The molecular formula is C9H7FIN. The summed E-state index contributed by atoms with van der Waals surface area (Å²) in [6.07, 6.45) is 0.344. The summed E-state index contributed by atoms with van der Waals surface area (Å²) in [5.74, 6) is -0.183. The van der Waals surface area contributed by atoms with Gasteiger partial charge in [-0.05, 0) is 46.7 Å². The lowest BCUT2D eigenvalue weighted by Gasteiger charge is -2.01. The molecule has 0 spiro atoms. The number of aryl methyl sites for hydroxylation is 1. The zero-order valence-corrected chi connectivity index (χ0v) is 8.72. The number of nitrogens with zero attached hydrogens (tertiary/aromatic N) is 1. The van der Waals surface area contributed by atoms with Crippen LogP contribution in [0.15, 0.2) is 12.1 Å². The van der Waals surface area contributed by atoms with Gasteiger partial charge >= 0.3 is 0 Å². The highest BCUT2D eigenvalue weighted by Gasteiger charge is 2.04. The fourth-order valence-corrected chi connectivity index (χ4v) is 1.82. The van der Waals surface area contributed by atoms with Gasteiger partial charge in [0.15, 0.2) is 0 Å². The minimum absolute atomic E-state index is 0.183. The second-order valence-electron chi connectivity index (χ2n) is 2.54. The molecule has 12 heavy (non-hydrogen) atoms. The highest BCUT2D eigenvalue weighted by molar-refractivity contribution is 14.1. The number of benzene rings is 1. The third-order valence-electron chi connectivity index (χ3n) is 1.55. The first-order valence-corrected chi connectivity index (χ1v) is 4.54. The summed E-state index contributed by atoms with van der Waals surface area (Å²) >= 11 is 1.93. The minimum atomic E-state index is -0.183. The van der Waals surface area contributed by atoms with Crippen molar-refractivity contribution < 1.29 is 4.39 Å². The van der Waals surface area contributed by atoms with Crippen molar-refractivity contribution in [2.75, 3.05) is 0 Å². The fourth-order valence-electron chi connectivity index (χ4n) is 0.991. The number of nitriles is 1. The second kappa shape index (κ2) is 3.85. The molecular weight excluding hydrogens is 268 g/mol. The molecule has 0 N–H and O–H groups in total. The van der Waals surface area contributed by atoms with Crippen LogP contribution in [0.25, 0.3) is 0 Å². The number of rotatable bonds is 1. The van der Waals surface area contributed by atoms with Crippen LogP contribution in [-0.2, 0) is 6.42 Å². The summed E-state index contributed by atoms with van der Waals surface area (Å²) in [6.45, 7) is 1.71. The van der Waals surface area contributed by atoms with Crippen molar-refractivity contribution in [2.45, 2.75) is 13.3 Å². The molecule has 0 atom stereocenters. The number of hydrogen-bond acceptors (Lipinski definition) is 1. The molecule has 0 heterocycles. The average Bonchev–Trinajstić information content (AvgIpc) is 2.01. The topological polar surface area (TPSA) is 23.8 Å². The average molecular weight is 275 g/mol. The van der Waals surface area contributed by atoms with Gasteiger partial charge in [-0.15, -0.1) is 0 Å². The van der Waals surface area contributed by atoms with Crippen LogP contribution in [0.2, 0.25) is 0 Å². The summed E-state index contributed by atoms with van der Waals surface area (Å²) in [5, 5.41) is 8.42. The van der Waals surface area contributed by atoms with E-state index in [1.165, 1.54) is 0 Å². The van der Waals surface area contributed by atoms with Gasteiger partial charge in [0, 0.05) is 3.57 Å². The Balaban J connectivity index is 3.14. The van der Waals surface area contributed by atoms with Gasteiger partial charge in [0.2, 0.25) is 0 Å². The lowest BCUT2D eigenvalue weighted by molar-refractivity contribution is 0.610. The van der Waals surface area contributed by atoms with Gasteiger partial charge in [0.05, 0.1) is 12.5 Å². The van der Waals surface area contributed by atoms with Crippen molar-refractivity contribution in [1.82, 2.24) is 0 Å². The smallest absolute Gasteiger partial charge is 0.139 e. The maximum atomic E-state index is 13.1. The molecule has 0 radical (unpaired) electrons. The van der Waals surface area contributed by atoms with E-state index in [9.17, 15) is 4.39 Å². The van der Waals surface area contributed by atoms with Crippen LogP contribution < -0.4 is 0 Å². The number of halogens is 2. The van der Waals surface area contributed by atoms with Crippen LogP contribution in [0, 0.1) is 27.6 Å². The van der Waals surface area contributed by atoms with Crippen molar-refractivity contribution in [2.24, 2.45) is 0 Å². The summed E-state index contributed by atoms with van der Waals surface area (Å²) in [7, 11) is 0. The normalized spacial score (nSPS) is 9.50. The predicted molar refractivity (Wildman–Crippen MR) is 53.2 cm³/mol. The molecule has 62 valence electrons. The lowest BCUT2D eigenvalue weighted by atomic mass is 10.1. The van der Waals surface area contributed by atoms with Crippen LogP contribution in [0.5, 0.6) is 0 Å². The predicted octanol–water partition coefficient (Wildman–Crippen LogP) is 2.80. The van der Waals surface area contributed by atoms with E-state index < -0.39 is 0 Å². The van der Waals surface area contributed by atoms with E-state index in [-0.39, 0.29) is 5.82 Å². The molecule has 0 aliphatic rings. The zero-order chi connectivity index (χ0) is 9.14. The first-order valence-electron chi connectivity index (χ1n) is 3.46. The summed E-state index contributed by atoms with van der Waals surface area (Å²) in [5.41, 5.74) is 1.48. The maximum absolute atomic E-state index is 13.1. The van der Waals surface area contributed by atoms with Crippen molar-refractivity contribution in [3.8, 4) is 6.07 Å². The van der Waals surface area contributed by atoms with E-state index in [0.29, 0.717) is 15.6 Å². The molecule has 1 nitrogen and oxygen atoms in total. The summed E-state index contributed by atoms with van der Waals surface area (Å²) in [6, 6.07) is 5.44. The highest BCUT2D eigenvalue weighted by Crippen LogP contribution is 2.17. The van der Waals surface area contributed by atoms with Crippen molar-refractivity contribution in [3.05, 3.63) is 32.6 Å². The molecule has 1 rings (SSSR count). The molecule has 0 saturated heterocycles. The van der Waals surface area contributed by atoms with Crippen LogP contribution in [0.3, 0.4) is 0 Å². The molecule has 0 fully saturated rings. The Morgan fingerprint density at radius 2 is 2.25 bits per heavy atom. The Morgan fingerprint density at radius 3 is 2.75 bits per heavy atom. The Kier molecular flexibility index (Phi) is 3.04. The fraction of sp³-hybridized carbons (Fsp3) is 0.222. The van der Waals surface area contributed by atoms with Crippen molar-refractivity contribution in [3.63, 3.8) is 0 Å². The number of hydrogen-bond donors (Lipinski definition) is 0. The molecule has 0 saturated carbocycles. The van der Waals surface area contributed by atoms with E-state index in [1.807, 2.05) is 28.7 Å². The van der Waals surface area contributed by atoms with Crippen LogP contribution in [0.1, 0.15) is 11.1 Å². The first-order chi connectivity index (χ1) is 5.65. The van der Waals surface area contributed by atoms with E-state index in [2.05, 4.69) is 0 Å². The largest absolute Gasteiger partial charge is 0.206 e. The standard InChI is InChI=1S/C9H7FIN/c1-6-4-7(2-3-12)5-8(11)9(6)10/h4-5H,2H2,1H3. The highest BCUT2D eigenvalue weighted by atomic mass is 127. The third kappa shape index (κ3) is 1.95. The van der Waals surface area contributed by atoms with E-state index in [0.717, 1.165) is 5.56 Å². The molecule has 0 aliphatic carbocycles. The van der Waals surface area contributed by atoms with Crippen LogP contribution in [0.4, 0.5) is 4.39 Å². The van der Waals surface area contributed by atoms with Crippen LogP contribution in [-0.4, -0.2) is 0 Å². The quantitative estimate of drug-likeness (QED) is 0.723. The first kappa shape index (κ1) is 9.46. The summed E-state index contributed by atoms with van der Waals surface area (Å²) in [4.78, 5) is 0. The molecule has 0 unspecified atom stereocenters. The van der Waals surface area contributed by atoms with E-state index in [1.54, 1.807) is 19.1 Å². The van der Waals surface area contributed by atoms with Gasteiger partial charge in [-0.3, -0.25) is 0 Å². The van der Waals surface area contributed by atoms with Crippen LogP contribution >= 0.6 is 22.6 Å². The van der Waals surface area contributed by atoms with E-state index >= 15 is 0 Å². The van der Waals surface area contributed by atoms with Gasteiger partial charge in [-0.1, -0.05) is 6.07 Å². The molecule has 1 aromatic carbocycles. The molecule has 3 heteroatoms. The molecule has 0 amide bonds. The maximum Gasteiger partial charge on any atom is 0.139 e. The molecule has 1 aromatic rings. The van der Waals surface area contributed by atoms with Gasteiger partial charge in [0.25, 0.3) is 0 Å². The summed E-state index contributed by atoms with van der Waals surface area (Å²) < 4.78 is 13.6. The van der Waals surface area contributed by atoms with Gasteiger partial charge < -0.3 is 0 Å². The van der Waals surface area contributed by atoms with Crippen molar-refractivity contribution >= 4 is 22.6 Å². The van der Waals surface area contributed by atoms with E-state index in [4.69, 9.17) is 5.26 Å². The van der Waals surface area contributed by atoms with Gasteiger partial charge in [-0.25, -0.2) is 4.39 Å². The molecule has 0 aliphatic heterocycles. The van der Waals surface area contributed by atoms with Crippen molar-refractivity contribution in [1.29, 1.82) is 5.26 Å².